The van der Waals surface area contributed by atoms with Crippen LogP contribution < -0.4 is 5.32 Å². The molecule has 2 rings (SSSR count). The van der Waals surface area contributed by atoms with Crippen LogP contribution in [0.2, 0.25) is 0 Å². The summed E-state index contributed by atoms with van der Waals surface area (Å²) >= 11 is 3.37. The van der Waals surface area contributed by atoms with Crippen molar-refractivity contribution in [2.45, 2.75) is 13.0 Å². The fourth-order valence-electron chi connectivity index (χ4n) is 1.90. The molecule has 1 N–H and O–H groups in total. The van der Waals surface area contributed by atoms with Crippen LogP contribution in [0.15, 0.2) is 35.2 Å². The number of hydrogen-bond donors (Lipinski definition) is 1. The van der Waals surface area contributed by atoms with Gasteiger partial charge in [0.05, 0.1) is 18.1 Å². The van der Waals surface area contributed by atoms with Gasteiger partial charge in [-0.2, -0.15) is 0 Å². The molecule has 5 heteroatoms. The van der Waals surface area contributed by atoms with Gasteiger partial charge in [0.1, 0.15) is 5.82 Å². The molecule has 0 saturated carbocycles. The standard InChI is InChI=1S/C13H15BrFN3/c1-3-16-13(12-7-18(2)8-17-12)10-6-9(14)4-5-11(10)15/h4-8,13,16H,3H2,1-2H3. The SMILES string of the molecule is CCNC(c1cn(C)cn1)c1cc(Br)ccc1F. The molecule has 0 aliphatic heterocycles. The van der Waals surface area contributed by atoms with E-state index < -0.39 is 0 Å². The Morgan fingerprint density at radius 1 is 1.50 bits per heavy atom. The monoisotopic (exact) mass is 311 g/mol. The molecule has 1 heterocycles. The maximum absolute atomic E-state index is 13.9. The smallest absolute Gasteiger partial charge is 0.128 e. The minimum atomic E-state index is -0.228. The van der Waals surface area contributed by atoms with Gasteiger partial charge in [-0.3, -0.25) is 0 Å². The van der Waals surface area contributed by atoms with Crippen LogP contribution in [-0.2, 0) is 7.05 Å². The predicted molar refractivity (Wildman–Crippen MR) is 72.8 cm³/mol. The van der Waals surface area contributed by atoms with E-state index in [0.29, 0.717) is 5.56 Å². The minimum Gasteiger partial charge on any atom is -0.340 e. The first kappa shape index (κ1) is 13.2. The number of nitrogens with zero attached hydrogens (tertiary/aromatic N) is 2. The van der Waals surface area contributed by atoms with Crippen molar-refractivity contribution in [1.29, 1.82) is 0 Å². The number of rotatable bonds is 4. The summed E-state index contributed by atoms with van der Waals surface area (Å²) in [6, 6.07) is 4.72. The van der Waals surface area contributed by atoms with E-state index in [1.54, 1.807) is 18.5 Å². The number of halogens is 2. The van der Waals surface area contributed by atoms with E-state index >= 15 is 0 Å². The van der Waals surface area contributed by atoms with Crippen LogP contribution in [-0.4, -0.2) is 16.1 Å². The van der Waals surface area contributed by atoms with E-state index in [1.807, 2.05) is 24.7 Å². The molecule has 1 aromatic heterocycles. The van der Waals surface area contributed by atoms with Crippen molar-refractivity contribution >= 4 is 15.9 Å². The van der Waals surface area contributed by atoms with Crippen LogP contribution in [0.5, 0.6) is 0 Å². The van der Waals surface area contributed by atoms with Crippen molar-refractivity contribution in [3.8, 4) is 0 Å². The largest absolute Gasteiger partial charge is 0.340 e. The zero-order valence-electron chi connectivity index (χ0n) is 10.3. The van der Waals surface area contributed by atoms with Gasteiger partial charge in [0.2, 0.25) is 0 Å². The van der Waals surface area contributed by atoms with Crippen molar-refractivity contribution in [3.63, 3.8) is 0 Å². The van der Waals surface area contributed by atoms with E-state index in [1.165, 1.54) is 6.07 Å². The van der Waals surface area contributed by atoms with Gasteiger partial charge >= 0.3 is 0 Å². The second-order valence-corrected chi connectivity index (χ2v) is 5.04. The molecule has 0 bridgehead atoms. The fraction of sp³-hybridized carbons (Fsp3) is 0.308. The summed E-state index contributed by atoms with van der Waals surface area (Å²) in [4.78, 5) is 4.30. The summed E-state index contributed by atoms with van der Waals surface area (Å²) in [5.74, 6) is -0.227. The molecule has 1 aromatic carbocycles. The molecule has 0 saturated heterocycles. The van der Waals surface area contributed by atoms with Crippen molar-refractivity contribution in [3.05, 3.63) is 52.3 Å². The summed E-state index contributed by atoms with van der Waals surface area (Å²) in [5.41, 5.74) is 1.42. The lowest BCUT2D eigenvalue weighted by molar-refractivity contribution is 0.552. The van der Waals surface area contributed by atoms with Gasteiger partial charge in [0.15, 0.2) is 0 Å². The highest BCUT2D eigenvalue weighted by molar-refractivity contribution is 9.10. The second-order valence-electron chi connectivity index (χ2n) is 4.12. The van der Waals surface area contributed by atoms with Crippen molar-refractivity contribution in [2.75, 3.05) is 6.54 Å². The lowest BCUT2D eigenvalue weighted by atomic mass is 10.0. The lowest BCUT2D eigenvalue weighted by Gasteiger charge is -2.17. The van der Waals surface area contributed by atoms with E-state index in [9.17, 15) is 4.39 Å². The zero-order valence-corrected chi connectivity index (χ0v) is 11.9. The third kappa shape index (κ3) is 2.79. The first-order valence-corrected chi connectivity index (χ1v) is 6.57. The first-order valence-electron chi connectivity index (χ1n) is 5.78. The Morgan fingerprint density at radius 3 is 2.89 bits per heavy atom. The maximum Gasteiger partial charge on any atom is 0.128 e. The average molecular weight is 312 g/mol. The molecule has 18 heavy (non-hydrogen) atoms. The highest BCUT2D eigenvalue weighted by Gasteiger charge is 2.19. The molecule has 1 atom stereocenters. The summed E-state index contributed by atoms with van der Waals surface area (Å²) < 4.78 is 16.7. The van der Waals surface area contributed by atoms with Crippen molar-refractivity contribution < 1.29 is 4.39 Å². The molecule has 0 amide bonds. The molecular formula is C13H15BrFN3. The van der Waals surface area contributed by atoms with Crippen molar-refractivity contribution in [1.82, 2.24) is 14.9 Å². The van der Waals surface area contributed by atoms with Crippen LogP contribution in [0.3, 0.4) is 0 Å². The first-order chi connectivity index (χ1) is 8.61. The zero-order chi connectivity index (χ0) is 13.1. The Labute approximate surface area is 114 Å². The van der Waals surface area contributed by atoms with Gasteiger partial charge < -0.3 is 9.88 Å². The predicted octanol–water partition coefficient (Wildman–Crippen LogP) is 3.02. The van der Waals surface area contributed by atoms with E-state index in [-0.39, 0.29) is 11.9 Å². The molecule has 0 fully saturated rings. The molecule has 3 nitrogen and oxygen atoms in total. The number of hydrogen-bond acceptors (Lipinski definition) is 2. The number of aromatic nitrogens is 2. The fourth-order valence-corrected chi connectivity index (χ4v) is 2.27. The van der Waals surface area contributed by atoms with Crippen LogP contribution in [0.1, 0.15) is 24.2 Å². The van der Waals surface area contributed by atoms with Crippen LogP contribution >= 0.6 is 15.9 Å². The molecule has 0 radical (unpaired) electrons. The van der Waals surface area contributed by atoms with Gasteiger partial charge in [-0.15, -0.1) is 0 Å². The summed E-state index contributed by atoms with van der Waals surface area (Å²) in [5, 5.41) is 3.26. The molecule has 0 spiro atoms. The number of nitrogens with one attached hydrogen (secondary N) is 1. The molecule has 0 aliphatic carbocycles. The maximum atomic E-state index is 13.9. The summed E-state index contributed by atoms with van der Waals surface area (Å²) in [7, 11) is 1.90. The Kier molecular flexibility index (Phi) is 4.14. The van der Waals surface area contributed by atoms with Gasteiger partial charge in [0, 0.05) is 23.3 Å². The molecule has 2 aromatic rings. The van der Waals surface area contributed by atoms with Gasteiger partial charge in [-0.1, -0.05) is 22.9 Å². The lowest BCUT2D eigenvalue weighted by Crippen LogP contribution is -2.23. The third-order valence-electron chi connectivity index (χ3n) is 2.70. The summed E-state index contributed by atoms with van der Waals surface area (Å²) in [6.07, 6.45) is 3.61. The second kappa shape index (κ2) is 5.63. The Bertz CT molecular complexity index is 539. The summed E-state index contributed by atoms with van der Waals surface area (Å²) in [6.45, 7) is 2.74. The Balaban J connectivity index is 2.44. The molecule has 96 valence electrons. The van der Waals surface area contributed by atoms with Crippen LogP contribution in [0.25, 0.3) is 0 Å². The minimum absolute atomic E-state index is 0.227. The molecule has 1 unspecified atom stereocenters. The topological polar surface area (TPSA) is 29.9 Å². The molecule has 0 aliphatic rings. The van der Waals surface area contributed by atoms with Gasteiger partial charge in [0.25, 0.3) is 0 Å². The quantitative estimate of drug-likeness (QED) is 0.940. The highest BCUT2D eigenvalue weighted by Crippen LogP contribution is 2.26. The number of imidazole rings is 1. The van der Waals surface area contributed by atoms with Crippen LogP contribution in [0, 0.1) is 5.82 Å². The van der Waals surface area contributed by atoms with Gasteiger partial charge in [-0.05, 0) is 24.7 Å². The van der Waals surface area contributed by atoms with Crippen LogP contribution in [0.4, 0.5) is 4.39 Å². The van der Waals surface area contributed by atoms with E-state index in [4.69, 9.17) is 0 Å². The number of benzene rings is 1. The number of aryl methyl sites for hydroxylation is 1. The normalized spacial score (nSPS) is 12.7. The van der Waals surface area contributed by atoms with Crippen molar-refractivity contribution in [2.24, 2.45) is 7.05 Å². The average Bonchev–Trinajstić information content (AvgIpc) is 2.76. The van der Waals surface area contributed by atoms with Gasteiger partial charge in [-0.25, -0.2) is 9.37 Å². The highest BCUT2D eigenvalue weighted by atomic mass is 79.9. The Morgan fingerprint density at radius 2 is 2.28 bits per heavy atom. The van der Waals surface area contributed by atoms with E-state index in [0.717, 1.165) is 16.7 Å². The van der Waals surface area contributed by atoms with E-state index in [2.05, 4.69) is 26.2 Å². The molecular weight excluding hydrogens is 297 g/mol. The Hall–Kier alpha value is -1.20. The third-order valence-corrected chi connectivity index (χ3v) is 3.19.